The van der Waals surface area contributed by atoms with Crippen LogP contribution in [0.1, 0.15) is 32.8 Å². The molecule has 0 saturated carbocycles. The lowest BCUT2D eigenvalue weighted by Crippen LogP contribution is -2.23. The second-order valence-electron chi connectivity index (χ2n) is 6.32. The number of esters is 1. The molecular formula is C22H23N3O4S. The molecule has 0 bridgehead atoms. The fourth-order valence-corrected chi connectivity index (χ4v) is 3.73. The first kappa shape index (κ1) is 21.3. The van der Waals surface area contributed by atoms with Crippen LogP contribution >= 0.6 is 11.3 Å². The van der Waals surface area contributed by atoms with E-state index >= 15 is 0 Å². The maximum absolute atomic E-state index is 12.7. The van der Waals surface area contributed by atoms with Crippen molar-refractivity contribution in [1.82, 2.24) is 14.9 Å². The van der Waals surface area contributed by atoms with E-state index in [0.29, 0.717) is 23.5 Å². The number of aromatic nitrogens is 2. The average Bonchev–Trinajstić information content (AvgIpc) is 3.37. The van der Waals surface area contributed by atoms with Crippen LogP contribution < -0.4 is 10.1 Å². The van der Waals surface area contributed by atoms with Crippen LogP contribution in [0, 0.1) is 6.92 Å². The van der Waals surface area contributed by atoms with Gasteiger partial charge in [-0.3, -0.25) is 4.79 Å². The minimum Gasteiger partial charge on any atom is -0.497 e. The first-order valence-corrected chi connectivity index (χ1v) is 10.3. The van der Waals surface area contributed by atoms with Gasteiger partial charge in [0.25, 0.3) is 5.91 Å². The highest BCUT2D eigenvalue weighted by Crippen LogP contribution is 2.31. The third-order valence-electron chi connectivity index (χ3n) is 4.45. The Morgan fingerprint density at radius 3 is 2.67 bits per heavy atom. The summed E-state index contributed by atoms with van der Waals surface area (Å²) in [5.41, 5.74) is 3.41. The molecule has 8 heteroatoms. The molecular weight excluding hydrogens is 402 g/mol. The lowest BCUT2D eigenvalue weighted by Gasteiger charge is -2.12. The van der Waals surface area contributed by atoms with Crippen LogP contribution in [-0.2, 0) is 4.74 Å². The van der Waals surface area contributed by atoms with E-state index in [-0.39, 0.29) is 17.5 Å². The van der Waals surface area contributed by atoms with Gasteiger partial charge in [-0.25, -0.2) is 9.78 Å². The Balaban J connectivity index is 2.11. The van der Waals surface area contributed by atoms with Crippen molar-refractivity contribution in [3.8, 4) is 22.8 Å². The van der Waals surface area contributed by atoms with E-state index in [2.05, 4.69) is 16.9 Å². The fraction of sp³-hybridized carbons (Fsp3) is 0.227. The molecule has 7 nitrogen and oxygen atoms in total. The van der Waals surface area contributed by atoms with E-state index in [1.165, 1.54) is 11.3 Å². The molecule has 0 aliphatic heterocycles. The molecule has 0 unspecified atom stereocenters. The number of hydrogen-bond acceptors (Lipinski definition) is 6. The Bertz CT molecular complexity index is 1070. The van der Waals surface area contributed by atoms with Gasteiger partial charge in [-0.05, 0) is 44.2 Å². The number of thiazole rings is 1. The topological polar surface area (TPSA) is 82.5 Å². The van der Waals surface area contributed by atoms with Crippen molar-refractivity contribution in [3.05, 3.63) is 64.6 Å². The van der Waals surface area contributed by atoms with Gasteiger partial charge >= 0.3 is 5.97 Å². The summed E-state index contributed by atoms with van der Waals surface area (Å²) in [6, 6.07) is 9.28. The average molecular weight is 426 g/mol. The molecule has 0 aliphatic carbocycles. The highest BCUT2D eigenvalue weighted by atomic mass is 32.1. The highest BCUT2D eigenvalue weighted by molar-refractivity contribution is 7.11. The number of nitrogens with one attached hydrogen (secondary N) is 1. The molecule has 1 aromatic carbocycles. The van der Waals surface area contributed by atoms with Gasteiger partial charge in [-0.15, -0.1) is 17.9 Å². The number of methoxy groups -OCH3 is 1. The van der Waals surface area contributed by atoms with Crippen LogP contribution in [-0.4, -0.2) is 41.7 Å². The number of carbonyl (C=O) groups is 2. The van der Waals surface area contributed by atoms with Crippen LogP contribution in [0.2, 0.25) is 0 Å². The van der Waals surface area contributed by atoms with Gasteiger partial charge < -0.3 is 19.4 Å². The fourth-order valence-electron chi connectivity index (χ4n) is 3.03. The molecule has 2 heterocycles. The van der Waals surface area contributed by atoms with Crippen LogP contribution in [0.4, 0.5) is 0 Å². The summed E-state index contributed by atoms with van der Waals surface area (Å²) in [6.07, 6.45) is 1.63. The molecule has 0 atom stereocenters. The number of rotatable bonds is 8. The predicted molar refractivity (Wildman–Crippen MR) is 117 cm³/mol. The number of nitrogens with zero attached hydrogens (tertiary/aromatic N) is 2. The molecule has 1 N–H and O–H groups in total. The quantitative estimate of drug-likeness (QED) is 0.436. The maximum atomic E-state index is 12.7. The second-order valence-corrected chi connectivity index (χ2v) is 7.18. The number of amides is 1. The van der Waals surface area contributed by atoms with Crippen molar-refractivity contribution >= 4 is 23.2 Å². The third-order valence-corrected chi connectivity index (χ3v) is 5.27. The Kier molecular flexibility index (Phi) is 6.68. The van der Waals surface area contributed by atoms with Crippen molar-refractivity contribution in [2.24, 2.45) is 0 Å². The summed E-state index contributed by atoms with van der Waals surface area (Å²) in [5, 5.41) is 4.86. The van der Waals surface area contributed by atoms with E-state index in [9.17, 15) is 9.59 Å². The molecule has 30 heavy (non-hydrogen) atoms. The minimum atomic E-state index is -0.461. The summed E-state index contributed by atoms with van der Waals surface area (Å²) in [4.78, 5) is 29.2. The summed E-state index contributed by atoms with van der Waals surface area (Å²) < 4.78 is 12.2. The highest BCUT2D eigenvalue weighted by Gasteiger charge is 2.22. The summed E-state index contributed by atoms with van der Waals surface area (Å²) in [5.74, 6) is 0.0612. The number of hydrogen-bond donors (Lipinski definition) is 1. The molecule has 0 radical (unpaired) electrons. The van der Waals surface area contributed by atoms with Gasteiger partial charge in [-0.1, -0.05) is 6.08 Å². The summed E-state index contributed by atoms with van der Waals surface area (Å²) in [7, 11) is 1.61. The van der Waals surface area contributed by atoms with Crippen molar-refractivity contribution < 1.29 is 19.1 Å². The minimum absolute atomic E-state index is 0.207. The van der Waals surface area contributed by atoms with Gasteiger partial charge in [0, 0.05) is 23.3 Å². The van der Waals surface area contributed by atoms with Crippen LogP contribution in [0.15, 0.2) is 48.4 Å². The van der Waals surface area contributed by atoms with Crippen molar-refractivity contribution in [1.29, 1.82) is 0 Å². The summed E-state index contributed by atoms with van der Waals surface area (Å²) >= 11 is 1.21. The Morgan fingerprint density at radius 1 is 1.30 bits per heavy atom. The van der Waals surface area contributed by atoms with Crippen LogP contribution in [0.3, 0.4) is 0 Å². The molecule has 3 aromatic rings. The zero-order valence-electron chi connectivity index (χ0n) is 17.1. The normalized spacial score (nSPS) is 10.5. The first-order chi connectivity index (χ1) is 14.5. The molecule has 0 aliphatic rings. The molecule has 0 saturated heterocycles. The zero-order valence-corrected chi connectivity index (χ0v) is 17.9. The van der Waals surface area contributed by atoms with Crippen LogP contribution in [0.5, 0.6) is 5.75 Å². The number of benzene rings is 1. The number of carbonyl (C=O) groups excluding carboxylic acids is 2. The van der Waals surface area contributed by atoms with Gasteiger partial charge in [0.1, 0.15) is 5.75 Å². The van der Waals surface area contributed by atoms with Gasteiger partial charge in [0.2, 0.25) is 5.01 Å². The molecule has 156 valence electrons. The lowest BCUT2D eigenvalue weighted by molar-refractivity contribution is 0.0526. The molecule has 0 spiro atoms. The van der Waals surface area contributed by atoms with E-state index in [0.717, 1.165) is 17.1 Å². The Labute approximate surface area is 179 Å². The zero-order chi connectivity index (χ0) is 21.7. The molecule has 0 fully saturated rings. The van der Waals surface area contributed by atoms with Gasteiger partial charge in [0.05, 0.1) is 30.7 Å². The molecule has 2 aromatic heterocycles. The van der Waals surface area contributed by atoms with Crippen molar-refractivity contribution in [3.63, 3.8) is 0 Å². The first-order valence-electron chi connectivity index (χ1n) is 9.39. The smallest absolute Gasteiger partial charge is 0.367 e. The summed E-state index contributed by atoms with van der Waals surface area (Å²) in [6.45, 7) is 7.90. The number of ether oxygens (including phenoxy) is 2. The van der Waals surface area contributed by atoms with Crippen molar-refractivity contribution in [2.45, 2.75) is 13.8 Å². The SMILES string of the molecule is C=CCNC(=O)c1cc(-c2csc(C(=O)OCC)n2)n(-c2ccc(OC)cc2)c1C. The van der Waals surface area contributed by atoms with Crippen LogP contribution in [0.25, 0.3) is 17.1 Å². The van der Waals surface area contributed by atoms with Gasteiger partial charge in [-0.2, -0.15) is 0 Å². The maximum Gasteiger partial charge on any atom is 0.367 e. The Hall–Kier alpha value is -3.39. The standard InChI is InChI=1S/C22H23N3O4S/c1-5-11-23-20(26)17-12-19(18-13-30-21(24-18)22(27)29-6-2)25(14(17)3)15-7-9-16(28-4)10-8-15/h5,7-10,12-13H,1,6,11H2,2-4H3,(H,23,26). The van der Waals surface area contributed by atoms with E-state index in [1.807, 2.05) is 35.8 Å². The van der Waals surface area contributed by atoms with Gasteiger partial charge in [0.15, 0.2) is 0 Å². The lowest BCUT2D eigenvalue weighted by atomic mass is 10.2. The second kappa shape index (κ2) is 9.41. The van der Waals surface area contributed by atoms with E-state index < -0.39 is 5.97 Å². The third kappa shape index (κ3) is 4.28. The molecule has 1 amide bonds. The Morgan fingerprint density at radius 2 is 2.03 bits per heavy atom. The molecule has 3 rings (SSSR count). The predicted octanol–water partition coefficient (Wildman–Crippen LogP) is 4.01. The largest absolute Gasteiger partial charge is 0.497 e. The van der Waals surface area contributed by atoms with E-state index in [1.54, 1.807) is 31.6 Å². The van der Waals surface area contributed by atoms with E-state index in [4.69, 9.17) is 9.47 Å². The van der Waals surface area contributed by atoms with Crippen molar-refractivity contribution in [2.75, 3.05) is 20.3 Å². The monoisotopic (exact) mass is 425 g/mol.